The third-order valence-electron chi connectivity index (χ3n) is 4.74. The van der Waals surface area contributed by atoms with Crippen molar-refractivity contribution in [2.75, 3.05) is 5.32 Å². The number of hydrogen-bond acceptors (Lipinski definition) is 5. The smallest absolute Gasteiger partial charge is 0.249 e. The first-order chi connectivity index (χ1) is 13.0. The van der Waals surface area contributed by atoms with E-state index in [0.29, 0.717) is 15.7 Å². The van der Waals surface area contributed by atoms with Gasteiger partial charge in [0.2, 0.25) is 11.8 Å². The van der Waals surface area contributed by atoms with Crippen LogP contribution in [0.25, 0.3) is 11.3 Å². The summed E-state index contributed by atoms with van der Waals surface area (Å²) >= 11 is 1.16. The molecule has 6 nitrogen and oxygen atoms in total. The van der Waals surface area contributed by atoms with Gasteiger partial charge in [0.05, 0.1) is 10.6 Å². The molecule has 1 atom stereocenters. The van der Waals surface area contributed by atoms with Crippen LogP contribution in [-0.4, -0.2) is 28.6 Å². The van der Waals surface area contributed by atoms with Gasteiger partial charge in [0, 0.05) is 19.4 Å². The first-order valence-corrected chi connectivity index (χ1v) is 9.92. The summed E-state index contributed by atoms with van der Waals surface area (Å²) in [7, 11) is 0. The highest BCUT2D eigenvalue weighted by molar-refractivity contribution is 7.18. The number of nitrogens with zero attached hydrogens (tertiary/aromatic N) is 1. The van der Waals surface area contributed by atoms with E-state index in [0.717, 1.165) is 42.6 Å². The van der Waals surface area contributed by atoms with E-state index in [9.17, 15) is 14.4 Å². The van der Waals surface area contributed by atoms with Crippen molar-refractivity contribution in [3.8, 4) is 11.3 Å². The van der Waals surface area contributed by atoms with Gasteiger partial charge in [-0.05, 0) is 18.8 Å². The lowest BCUT2D eigenvalue weighted by Crippen LogP contribution is -2.47. The standard InChI is InChI=1S/C20H23N3O3S/c1-12(24)18-16(14-8-4-3-5-9-14)22-20(27-18)23-19(26)17(21-13(2)25)15-10-6-7-11-15/h3-5,8-9,15,17H,6-7,10-11H2,1-2H3,(H,21,25)(H,22,23,26). The van der Waals surface area contributed by atoms with E-state index in [1.807, 2.05) is 30.3 Å². The van der Waals surface area contributed by atoms with Gasteiger partial charge >= 0.3 is 0 Å². The SMILES string of the molecule is CC(=O)NC(C(=O)Nc1nc(-c2ccccc2)c(C(C)=O)s1)C1CCCC1. The van der Waals surface area contributed by atoms with Gasteiger partial charge < -0.3 is 10.6 Å². The number of anilines is 1. The third kappa shape index (κ3) is 4.60. The van der Waals surface area contributed by atoms with Gasteiger partial charge in [-0.1, -0.05) is 54.5 Å². The summed E-state index contributed by atoms with van der Waals surface area (Å²) in [6.45, 7) is 2.91. The Morgan fingerprint density at radius 1 is 1.11 bits per heavy atom. The van der Waals surface area contributed by atoms with Crippen LogP contribution < -0.4 is 10.6 Å². The lowest BCUT2D eigenvalue weighted by molar-refractivity contribution is -0.126. The fourth-order valence-corrected chi connectivity index (χ4v) is 4.38. The normalized spacial score (nSPS) is 15.3. The highest BCUT2D eigenvalue weighted by Gasteiger charge is 2.32. The molecule has 2 amide bonds. The van der Waals surface area contributed by atoms with Crippen LogP contribution in [0.3, 0.4) is 0 Å². The summed E-state index contributed by atoms with van der Waals surface area (Å²) < 4.78 is 0. The number of carbonyl (C=O) groups is 3. The third-order valence-corrected chi connectivity index (χ3v) is 5.81. The van der Waals surface area contributed by atoms with E-state index >= 15 is 0 Å². The molecule has 1 unspecified atom stereocenters. The number of aromatic nitrogens is 1. The van der Waals surface area contributed by atoms with Crippen molar-refractivity contribution >= 4 is 34.1 Å². The van der Waals surface area contributed by atoms with Crippen molar-refractivity contribution in [3.63, 3.8) is 0 Å². The topological polar surface area (TPSA) is 88.2 Å². The number of carbonyl (C=O) groups excluding carboxylic acids is 3. The van der Waals surface area contributed by atoms with E-state index in [4.69, 9.17) is 0 Å². The highest BCUT2D eigenvalue weighted by atomic mass is 32.1. The lowest BCUT2D eigenvalue weighted by atomic mass is 9.97. The molecule has 1 aromatic heterocycles. The van der Waals surface area contributed by atoms with Gasteiger partial charge in [0.25, 0.3) is 0 Å². The van der Waals surface area contributed by atoms with E-state index < -0.39 is 6.04 Å². The molecule has 1 aliphatic rings. The molecule has 142 valence electrons. The number of rotatable bonds is 6. The minimum atomic E-state index is -0.574. The lowest BCUT2D eigenvalue weighted by Gasteiger charge is -2.22. The number of benzene rings is 1. The van der Waals surface area contributed by atoms with Crippen LogP contribution in [0, 0.1) is 5.92 Å². The molecule has 1 fully saturated rings. The molecular formula is C20H23N3O3S. The Balaban J connectivity index is 1.84. The summed E-state index contributed by atoms with van der Waals surface area (Å²) in [6.07, 6.45) is 3.98. The number of nitrogens with one attached hydrogen (secondary N) is 2. The van der Waals surface area contributed by atoms with Crippen LogP contribution in [0.1, 0.15) is 49.2 Å². The Bertz CT molecular complexity index is 841. The second-order valence-corrected chi connectivity index (χ2v) is 7.83. The molecule has 0 radical (unpaired) electrons. The zero-order valence-corrected chi connectivity index (χ0v) is 16.3. The molecule has 0 saturated heterocycles. The van der Waals surface area contributed by atoms with Crippen molar-refractivity contribution in [1.82, 2.24) is 10.3 Å². The van der Waals surface area contributed by atoms with Crippen molar-refractivity contribution in [2.45, 2.75) is 45.6 Å². The Morgan fingerprint density at radius 3 is 2.37 bits per heavy atom. The fraction of sp³-hybridized carbons (Fsp3) is 0.400. The molecule has 0 spiro atoms. The summed E-state index contributed by atoms with van der Waals surface area (Å²) in [4.78, 5) is 41.4. The Labute approximate surface area is 162 Å². The average Bonchev–Trinajstić information content (AvgIpc) is 3.30. The predicted molar refractivity (Wildman–Crippen MR) is 106 cm³/mol. The van der Waals surface area contributed by atoms with Crippen LogP contribution in [0.15, 0.2) is 30.3 Å². The van der Waals surface area contributed by atoms with Gasteiger partial charge in [0.15, 0.2) is 10.9 Å². The number of hydrogen-bond donors (Lipinski definition) is 2. The first-order valence-electron chi connectivity index (χ1n) is 9.11. The second-order valence-electron chi connectivity index (χ2n) is 6.83. The maximum absolute atomic E-state index is 12.8. The fourth-order valence-electron chi connectivity index (χ4n) is 3.49. The largest absolute Gasteiger partial charge is 0.344 e. The Kier molecular flexibility index (Phi) is 6.01. The van der Waals surface area contributed by atoms with Gasteiger partial charge in [-0.15, -0.1) is 0 Å². The molecule has 1 aliphatic carbocycles. The van der Waals surface area contributed by atoms with Gasteiger partial charge in [-0.25, -0.2) is 4.98 Å². The molecule has 2 aromatic rings. The number of ketones is 1. The molecular weight excluding hydrogens is 362 g/mol. The van der Waals surface area contributed by atoms with E-state index in [2.05, 4.69) is 15.6 Å². The van der Waals surface area contributed by atoms with Crippen LogP contribution in [0.5, 0.6) is 0 Å². The zero-order chi connectivity index (χ0) is 19.4. The second kappa shape index (κ2) is 8.43. The van der Waals surface area contributed by atoms with Gasteiger partial charge in [-0.3, -0.25) is 14.4 Å². The van der Waals surface area contributed by atoms with E-state index in [1.54, 1.807) is 0 Å². The van der Waals surface area contributed by atoms with E-state index in [-0.39, 0.29) is 23.5 Å². The summed E-state index contributed by atoms with van der Waals surface area (Å²) in [5, 5.41) is 5.96. The summed E-state index contributed by atoms with van der Waals surface area (Å²) in [5.41, 5.74) is 1.40. The zero-order valence-electron chi connectivity index (χ0n) is 15.5. The van der Waals surface area contributed by atoms with E-state index in [1.165, 1.54) is 13.8 Å². The Morgan fingerprint density at radius 2 is 1.78 bits per heavy atom. The molecule has 3 rings (SSSR count). The van der Waals surface area contributed by atoms with Crippen LogP contribution in [-0.2, 0) is 9.59 Å². The average molecular weight is 385 g/mol. The molecule has 27 heavy (non-hydrogen) atoms. The van der Waals surface area contributed by atoms with Crippen LogP contribution >= 0.6 is 11.3 Å². The maximum atomic E-state index is 12.8. The quantitative estimate of drug-likeness (QED) is 0.743. The molecule has 2 N–H and O–H groups in total. The van der Waals surface area contributed by atoms with Crippen molar-refractivity contribution < 1.29 is 14.4 Å². The number of amides is 2. The number of thiazole rings is 1. The van der Waals surface area contributed by atoms with Crippen LogP contribution in [0.4, 0.5) is 5.13 Å². The summed E-state index contributed by atoms with van der Waals surface area (Å²) in [5.74, 6) is -0.466. The molecule has 1 saturated carbocycles. The minimum absolute atomic E-state index is 0.0962. The molecule has 1 aromatic carbocycles. The Hall–Kier alpha value is -2.54. The van der Waals surface area contributed by atoms with Crippen molar-refractivity contribution in [2.24, 2.45) is 5.92 Å². The molecule has 1 heterocycles. The minimum Gasteiger partial charge on any atom is -0.344 e. The first kappa shape index (κ1) is 19.2. The van der Waals surface area contributed by atoms with Crippen LogP contribution in [0.2, 0.25) is 0 Å². The number of Topliss-reactive ketones (excluding diaryl/α,β-unsaturated/α-hetero) is 1. The summed E-state index contributed by atoms with van der Waals surface area (Å²) in [6, 6.07) is 8.84. The van der Waals surface area contributed by atoms with Crippen molar-refractivity contribution in [1.29, 1.82) is 0 Å². The van der Waals surface area contributed by atoms with Crippen molar-refractivity contribution in [3.05, 3.63) is 35.2 Å². The molecule has 0 aliphatic heterocycles. The highest BCUT2D eigenvalue weighted by Crippen LogP contribution is 2.33. The monoisotopic (exact) mass is 385 g/mol. The molecule has 0 bridgehead atoms. The molecule has 7 heteroatoms. The van der Waals surface area contributed by atoms with Gasteiger partial charge in [0.1, 0.15) is 6.04 Å². The maximum Gasteiger partial charge on any atom is 0.249 e. The van der Waals surface area contributed by atoms with Gasteiger partial charge in [-0.2, -0.15) is 0 Å². The predicted octanol–water partition coefficient (Wildman–Crippen LogP) is 3.65.